The fourth-order valence-electron chi connectivity index (χ4n) is 1.40. The van der Waals surface area contributed by atoms with Crippen molar-refractivity contribution in [3.63, 3.8) is 0 Å². The van der Waals surface area contributed by atoms with Gasteiger partial charge in [-0.15, -0.1) is 0 Å². The highest BCUT2D eigenvalue weighted by Crippen LogP contribution is 2.71. The second-order valence-corrected chi connectivity index (χ2v) is 7.95. The molecule has 1 aromatic rings. The summed E-state index contributed by atoms with van der Waals surface area (Å²) in [4.78, 5) is 0. The highest BCUT2D eigenvalue weighted by Gasteiger charge is 2.53. The van der Waals surface area contributed by atoms with Crippen LogP contribution in [0.2, 0.25) is 0 Å². The summed E-state index contributed by atoms with van der Waals surface area (Å²) in [6.45, 7) is -0.638. The number of benzene rings is 1. The molecule has 1 saturated carbocycles. The molecule has 1 fully saturated rings. The zero-order valence-electron chi connectivity index (χ0n) is 7.53. The Labute approximate surface area is 83.3 Å². The topological polar surface area (TPSA) is 17.1 Å². The predicted molar refractivity (Wildman–Crippen MR) is 57.2 cm³/mol. The quantitative estimate of drug-likeness (QED) is 0.690. The number of halogens is 1. The van der Waals surface area contributed by atoms with Gasteiger partial charge in [-0.3, -0.25) is 0 Å². The first-order chi connectivity index (χ1) is 6.06. The van der Waals surface area contributed by atoms with Crippen LogP contribution in [-0.4, -0.2) is 5.16 Å². The van der Waals surface area contributed by atoms with Crippen molar-refractivity contribution < 1.29 is 4.57 Å². The molecular formula is C10H12ClOP. The van der Waals surface area contributed by atoms with E-state index in [1.165, 1.54) is 0 Å². The average molecular weight is 215 g/mol. The molecule has 0 spiro atoms. The largest absolute Gasteiger partial charge is 0.301 e. The first-order valence-corrected chi connectivity index (χ1v) is 7.03. The monoisotopic (exact) mass is 214 g/mol. The van der Waals surface area contributed by atoms with Gasteiger partial charge in [-0.1, -0.05) is 37.3 Å². The van der Waals surface area contributed by atoms with Gasteiger partial charge in [0.1, 0.15) is 0 Å². The van der Waals surface area contributed by atoms with Crippen molar-refractivity contribution in [1.29, 1.82) is 0 Å². The van der Waals surface area contributed by atoms with Crippen LogP contribution in [0, 0.1) is 0 Å². The SMILES string of the molecule is CC1(P(=O)(Cl)c2ccccc2)CC1. The van der Waals surface area contributed by atoms with Crippen LogP contribution in [0.3, 0.4) is 0 Å². The van der Waals surface area contributed by atoms with Crippen molar-refractivity contribution in [1.82, 2.24) is 0 Å². The molecule has 70 valence electrons. The van der Waals surface area contributed by atoms with Crippen LogP contribution in [0.1, 0.15) is 19.8 Å². The molecule has 0 bridgehead atoms. The lowest BCUT2D eigenvalue weighted by Gasteiger charge is -2.17. The van der Waals surface area contributed by atoms with E-state index in [0.717, 1.165) is 18.1 Å². The van der Waals surface area contributed by atoms with Gasteiger partial charge in [0.25, 0.3) is 0 Å². The molecule has 1 aliphatic carbocycles. The summed E-state index contributed by atoms with van der Waals surface area (Å²) >= 11 is 6.16. The third-order valence-electron chi connectivity index (χ3n) is 2.76. The molecule has 0 heterocycles. The fourth-order valence-corrected chi connectivity index (χ4v) is 4.11. The highest BCUT2D eigenvalue weighted by molar-refractivity contribution is 7.96. The van der Waals surface area contributed by atoms with Gasteiger partial charge in [-0.05, 0) is 24.1 Å². The first kappa shape index (κ1) is 9.30. The minimum absolute atomic E-state index is 0.129. The van der Waals surface area contributed by atoms with E-state index in [4.69, 9.17) is 11.2 Å². The summed E-state index contributed by atoms with van der Waals surface area (Å²) in [5.41, 5.74) is 0. The molecule has 1 unspecified atom stereocenters. The first-order valence-electron chi connectivity index (χ1n) is 4.42. The maximum Gasteiger partial charge on any atom is 0.203 e. The van der Waals surface area contributed by atoms with E-state index in [-0.39, 0.29) is 5.16 Å². The van der Waals surface area contributed by atoms with E-state index >= 15 is 0 Å². The summed E-state index contributed by atoms with van der Waals surface area (Å²) in [5, 5.41) is 0.673. The molecule has 0 radical (unpaired) electrons. The van der Waals surface area contributed by atoms with Crippen molar-refractivity contribution in [2.45, 2.75) is 24.9 Å². The summed E-state index contributed by atoms with van der Waals surface area (Å²) in [5.74, 6) is 0. The maximum atomic E-state index is 12.3. The zero-order valence-corrected chi connectivity index (χ0v) is 9.18. The van der Waals surface area contributed by atoms with Crippen molar-refractivity contribution >= 4 is 23.0 Å². The van der Waals surface area contributed by atoms with Crippen LogP contribution in [-0.2, 0) is 4.57 Å². The smallest absolute Gasteiger partial charge is 0.203 e. The minimum Gasteiger partial charge on any atom is -0.301 e. The standard InChI is InChI=1S/C10H12ClOP/c1-10(7-8-10)13(11,12)9-5-3-2-4-6-9/h2-6H,7-8H2,1H3. The molecule has 1 aromatic carbocycles. The van der Waals surface area contributed by atoms with Gasteiger partial charge in [-0.2, -0.15) is 0 Å². The van der Waals surface area contributed by atoms with Gasteiger partial charge in [-0.25, -0.2) is 0 Å². The highest BCUT2D eigenvalue weighted by atomic mass is 35.7. The molecule has 1 atom stereocenters. The van der Waals surface area contributed by atoms with Crippen LogP contribution in [0.4, 0.5) is 0 Å². The van der Waals surface area contributed by atoms with E-state index in [1.807, 2.05) is 37.3 Å². The van der Waals surface area contributed by atoms with Gasteiger partial charge < -0.3 is 4.57 Å². The second-order valence-electron chi connectivity index (χ2n) is 3.86. The maximum absolute atomic E-state index is 12.3. The Bertz CT molecular complexity index is 356. The molecule has 1 aliphatic rings. The lowest BCUT2D eigenvalue weighted by molar-refractivity contribution is 0.581. The predicted octanol–water partition coefficient (Wildman–Crippen LogP) is 3.38. The molecule has 1 nitrogen and oxygen atoms in total. The number of hydrogen-bond acceptors (Lipinski definition) is 1. The van der Waals surface area contributed by atoms with Gasteiger partial charge in [0.15, 0.2) is 0 Å². The summed E-state index contributed by atoms with van der Waals surface area (Å²) in [6, 6.07) is 9.40. The van der Waals surface area contributed by atoms with Crippen LogP contribution in [0.5, 0.6) is 0 Å². The van der Waals surface area contributed by atoms with Crippen LogP contribution in [0.25, 0.3) is 0 Å². The molecule has 2 rings (SSSR count). The third-order valence-corrected chi connectivity index (χ3v) is 7.36. The normalized spacial score (nSPS) is 23.5. The van der Waals surface area contributed by atoms with E-state index < -0.39 is 6.49 Å². The number of rotatable bonds is 2. The summed E-state index contributed by atoms with van der Waals surface area (Å²) in [6.07, 6.45) is 1.98. The Morgan fingerprint density at radius 3 is 2.31 bits per heavy atom. The van der Waals surface area contributed by atoms with Crippen molar-refractivity contribution in [3.05, 3.63) is 30.3 Å². The summed E-state index contributed by atoms with van der Waals surface area (Å²) in [7, 11) is 0. The van der Waals surface area contributed by atoms with E-state index in [9.17, 15) is 4.57 Å². The molecule has 3 heteroatoms. The van der Waals surface area contributed by atoms with Crippen molar-refractivity contribution in [2.75, 3.05) is 0 Å². The minimum atomic E-state index is -2.65. The fraction of sp³-hybridized carbons (Fsp3) is 0.400. The Morgan fingerprint density at radius 2 is 1.85 bits per heavy atom. The average Bonchev–Trinajstić information content (AvgIpc) is 2.87. The Hall–Kier alpha value is -0.260. The van der Waals surface area contributed by atoms with E-state index in [1.54, 1.807) is 0 Å². The Morgan fingerprint density at radius 1 is 1.31 bits per heavy atom. The van der Waals surface area contributed by atoms with Gasteiger partial charge in [0.05, 0.1) is 0 Å². The second kappa shape index (κ2) is 2.87. The molecule has 13 heavy (non-hydrogen) atoms. The summed E-state index contributed by atoms with van der Waals surface area (Å²) < 4.78 is 12.3. The lowest BCUT2D eigenvalue weighted by atomic mass is 10.4. The third kappa shape index (κ3) is 1.45. The van der Waals surface area contributed by atoms with Crippen LogP contribution < -0.4 is 5.30 Å². The molecular weight excluding hydrogens is 203 g/mol. The van der Waals surface area contributed by atoms with Gasteiger partial charge in [0, 0.05) is 10.5 Å². The van der Waals surface area contributed by atoms with Gasteiger partial charge >= 0.3 is 0 Å². The molecule has 0 N–H and O–H groups in total. The lowest BCUT2D eigenvalue weighted by Crippen LogP contribution is -2.11. The van der Waals surface area contributed by atoms with Crippen molar-refractivity contribution in [2.24, 2.45) is 0 Å². The Kier molecular flexibility index (Phi) is 2.05. The van der Waals surface area contributed by atoms with Crippen LogP contribution in [0.15, 0.2) is 30.3 Å². The zero-order chi connectivity index (χ0) is 9.53. The van der Waals surface area contributed by atoms with Crippen LogP contribution >= 0.6 is 17.7 Å². The number of hydrogen-bond donors (Lipinski definition) is 0. The Balaban J connectivity index is 2.41. The molecule has 0 aliphatic heterocycles. The van der Waals surface area contributed by atoms with Crippen molar-refractivity contribution in [3.8, 4) is 0 Å². The molecule has 0 amide bonds. The molecule has 0 saturated heterocycles. The van der Waals surface area contributed by atoms with E-state index in [2.05, 4.69) is 0 Å². The molecule has 0 aromatic heterocycles. The van der Waals surface area contributed by atoms with Gasteiger partial charge in [0.2, 0.25) is 6.49 Å². The van der Waals surface area contributed by atoms with E-state index in [0.29, 0.717) is 0 Å².